The smallest absolute Gasteiger partial charge is 0.0979 e. The van der Waals surface area contributed by atoms with Gasteiger partial charge in [0.15, 0.2) is 0 Å². The van der Waals surface area contributed by atoms with Crippen LogP contribution in [-0.4, -0.2) is 10.1 Å². The highest BCUT2D eigenvalue weighted by atomic mass is 32.1. The molecule has 2 rings (SSSR count). The largest absolute Gasteiger partial charge is 0.385 e. The fraction of sp³-hybridized carbons (Fsp3) is 0.667. The third-order valence-corrected chi connectivity index (χ3v) is 4.54. The molecular formula is C9H14NOPS. The number of hydrogen-bond donors (Lipinski definition) is 1. The van der Waals surface area contributed by atoms with E-state index in [1.807, 2.05) is 6.92 Å². The van der Waals surface area contributed by atoms with Gasteiger partial charge in [0.05, 0.1) is 21.2 Å². The third-order valence-electron chi connectivity index (χ3n) is 2.48. The minimum Gasteiger partial charge on any atom is -0.385 e. The highest BCUT2D eigenvalue weighted by molar-refractivity contribution is 7.18. The van der Waals surface area contributed by atoms with Crippen molar-refractivity contribution in [3.8, 4) is 0 Å². The van der Waals surface area contributed by atoms with Gasteiger partial charge in [-0.05, 0) is 26.2 Å². The number of hydrogen-bond acceptors (Lipinski definition) is 3. The average molecular weight is 215 g/mol. The summed E-state index contributed by atoms with van der Waals surface area (Å²) in [6, 6.07) is 0. The second-order valence-electron chi connectivity index (χ2n) is 3.71. The predicted molar refractivity (Wildman–Crippen MR) is 58.0 cm³/mol. The molecule has 4 heteroatoms. The van der Waals surface area contributed by atoms with Crippen LogP contribution in [0.15, 0.2) is 0 Å². The van der Waals surface area contributed by atoms with E-state index in [0.29, 0.717) is 0 Å². The summed E-state index contributed by atoms with van der Waals surface area (Å²) in [5.74, 6) is 0. The van der Waals surface area contributed by atoms with Gasteiger partial charge in [-0.1, -0.05) is 0 Å². The molecule has 1 aromatic heterocycles. The maximum Gasteiger partial charge on any atom is 0.0979 e. The van der Waals surface area contributed by atoms with Crippen molar-refractivity contribution in [1.82, 2.24) is 4.98 Å². The first-order valence-corrected chi connectivity index (χ1v) is 6.18. The van der Waals surface area contributed by atoms with E-state index >= 15 is 0 Å². The topological polar surface area (TPSA) is 33.1 Å². The normalized spacial score (nSPS) is 27.3. The quantitative estimate of drug-likeness (QED) is 0.727. The lowest BCUT2D eigenvalue weighted by Gasteiger charge is -2.26. The summed E-state index contributed by atoms with van der Waals surface area (Å²) in [4.78, 5) is 5.60. The van der Waals surface area contributed by atoms with E-state index in [0.717, 1.165) is 41.0 Å². The highest BCUT2D eigenvalue weighted by Crippen LogP contribution is 2.38. The first kappa shape index (κ1) is 9.57. The molecule has 0 saturated heterocycles. The molecule has 0 spiro atoms. The van der Waals surface area contributed by atoms with Crippen LogP contribution in [0.2, 0.25) is 0 Å². The van der Waals surface area contributed by atoms with Gasteiger partial charge in [-0.2, -0.15) is 0 Å². The molecule has 2 nitrogen and oxygen atoms in total. The van der Waals surface area contributed by atoms with E-state index < -0.39 is 5.60 Å². The van der Waals surface area contributed by atoms with Crippen LogP contribution in [0.25, 0.3) is 0 Å². The van der Waals surface area contributed by atoms with E-state index in [1.54, 1.807) is 11.3 Å². The molecule has 1 aliphatic rings. The fourth-order valence-corrected chi connectivity index (χ4v) is 3.20. The molecule has 0 amide bonds. The Bertz CT molecular complexity index is 321. The zero-order valence-electron chi connectivity index (χ0n) is 7.71. The van der Waals surface area contributed by atoms with Crippen molar-refractivity contribution in [2.75, 3.05) is 0 Å². The van der Waals surface area contributed by atoms with Gasteiger partial charge in [0.2, 0.25) is 0 Å². The highest BCUT2D eigenvalue weighted by Gasteiger charge is 2.32. The van der Waals surface area contributed by atoms with Gasteiger partial charge in [0.1, 0.15) is 0 Å². The Morgan fingerprint density at radius 3 is 3.08 bits per heavy atom. The maximum absolute atomic E-state index is 10.1. The van der Waals surface area contributed by atoms with E-state index in [-0.39, 0.29) is 0 Å². The Hall–Kier alpha value is 0.0200. The van der Waals surface area contributed by atoms with Gasteiger partial charge in [-0.25, -0.2) is 4.98 Å². The molecule has 0 radical (unpaired) electrons. The van der Waals surface area contributed by atoms with Crippen LogP contribution >= 0.6 is 20.6 Å². The van der Waals surface area contributed by atoms with E-state index in [9.17, 15) is 5.11 Å². The second-order valence-corrected chi connectivity index (χ2v) is 5.21. The van der Waals surface area contributed by atoms with Crippen LogP contribution in [0, 0.1) is 0 Å². The minimum absolute atomic E-state index is 0.622. The molecule has 0 saturated carbocycles. The number of aliphatic hydroxyl groups is 1. The molecule has 0 bridgehead atoms. The number of fused-ring (bicyclic) bond motifs is 1. The van der Waals surface area contributed by atoms with Crippen LogP contribution in [0.1, 0.15) is 35.3 Å². The zero-order valence-corrected chi connectivity index (χ0v) is 9.68. The predicted octanol–water partition coefficient (Wildman–Crippen LogP) is 2.06. The number of nitrogens with zero attached hydrogens (tertiary/aromatic N) is 1. The number of rotatable bonds is 1. The lowest BCUT2D eigenvalue weighted by Crippen LogP contribution is -2.25. The van der Waals surface area contributed by atoms with E-state index in [2.05, 4.69) is 14.2 Å². The fourth-order valence-electron chi connectivity index (χ4n) is 1.79. The third kappa shape index (κ3) is 1.65. The molecule has 0 aromatic carbocycles. The summed E-state index contributed by atoms with van der Waals surface area (Å²) in [6.45, 7) is 1.90. The van der Waals surface area contributed by atoms with Crippen molar-refractivity contribution < 1.29 is 5.11 Å². The molecule has 0 fully saturated rings. The average Bonchev–Trinajstić information content (AvgIpc) is 2.48. The van der Waals surface area contributed by atoms with Gasteiger partial charge in [0.25, 0.3) is 0 Å². The molecule has 1 aromatic rings. The van der Waals surface area contributed by atoms with Crippen LogP contribution in [0.4, 0.5) is 0 Å². The Kier molecular flexibility index (Phi) is 2.43. The standard InChI is InChI=1S/C9H14NOPS/c1-9(11)4-2-3-6-8(9)13-7(5-12)10-6/h11H,2-5,12H2,1H3. The van der Waals surface area contributed by atoms with Gasteiger partial charge >= 0.3 is 0 Å². The van der Waals surface area contributed by atoms with Gasteiger partial charge in [-0.3, -0.25) is 0 Å². The van der Waals surface area contributed by atoms with Crippen molar-refractivity contribution in [1.29, 1.82) is 0 Å². The SMILES string of the molecule is CC1(O)CCCc2nc(CP)sc21. The number of thiazole rings is 1. The maximum atomic E-state index is 10.1. The summed E-state index contributed by atoms with van der Waals surface area (Å²) in [6.07, 6.45) is 3.86. The zero-order chi connectivity index (χ0) is 9.47. The molecule has 2 atom stereocenters. The van der Waals surface area contributed by atoms with Crippen molar-refractivity contribution in [2.24, 2.45) is 0 Å². The molecule has 1 heterocycles. The Morgan fingerprint density at radius 1 is 1.69 bits per heavy atom. The van der Waals surface area contributed by atoms with Gasteiger partial charge < -0.3 is 5.11 Å². The monoisotopic (exact) mass is 215 g/mol. The Balaban J connectivity index is 2.44. The molecule has 2 unspecified atom stereocenters. The molecule has 72 valence electrons. The van der Waals surface area contributed by atoms with Crippen LogP contribution in [0.5, 0.6) is 0 Å². The van der Waals surface area contributed by atoms with E-state index in [1.165, 1.54) is 0 Å². The minimum atomic E-state index is -0.622. The summed E-state index contributed by atoms with van der Waals surface area (Å²) >= 11 is 1.66. The molecule has 13 heavy (non-hydrogen) atoms. The number of aryl methyl sites for hydroxylation is 1. The van der Waals surface area contributed by atoms with Crippen LogP contribution in [0.3, 0.4) is 0 Å². The first-order chi connectivity index (χ1) is 6.13. The Labute approximate surface area is 84.6 Å². The molecule has 1 N–H and O–H groups in total. The lowest BCUT2D eigenvalue weighted by atomic mass is 9.89. The summed E-state index contributed by atoms with van der Waals surface area (Å²) in [5, 5.41) is 11.2. The Morgan fingerprint density at radius 2 is 2.46 bits per heavy atom. The van der Waals surface area contributed by atoms with Crippen molar-refractivity contribution in [3.05, 3.63) is 15.6 Å². The van der Waals surface area contributed by atoms with Crippen molar-refractivity contribution >= 4 is 20.6 Å². The lowest BCUT2D eigenvalue weighted by molar-refractivity contribution is 0.0422. The molecule has 1 aliphatic carbocycles. The second kappa shape index (κ2) is 3.30. The summed E-state index contributed by atoms with van der Waals surface area (Å²) in [5.41, 5.74) is 0.502. The van der Waals surface area contributed by atoms with Crippen molar-refractivity contribution in [3.63, 3.8) is 0 Å². The van der Waals surface area contributed by atoms with E-state index in [4.69, 9.17) is 0 Å². The number of aromatic nitrogens is 1. The van der Waals surface area contributed by atoms with Gasteiger partial charge in [-0.15, -0.1) is 20.6 Å². The summed E-state index contributed by atoms with van der Waals surface area (Å²) in [7, 11) is 2.68. The molecule has 0 aliphatic heterocycles. The first-order valence-electron chi connectivity index (χ1n) is 4.55. The van der Waals surface area contributed by atoms with Crippen LogP contribution in [-0.2, 0) is 18.2 Å². The van der Waals surface area contributed by atoms with Gasteiger partial charge in [0, 0.05) is 6.16 Å². The summed E-state index contributed by atoms with van der Waals surface area (Å²) < 4.78 is 0. The van der Waals surface area contributed by atoms with Crippen LogP contribution < -0.4 is 0 Å². The van der Waals surface area contributed by atoms with Crippen molar-refractivity contribution in [2.45, 2.75) is 37.9 Å². The molecular weight excluding hydrogens is 201 g/mol.